The minimum atomic E-state index is -0.615. The van der Waals surface area contributed by atoms with Gasteiger partial charge in [-0.1, -0.05) is 17.7 Å². The maximum Gasteiger partial charge on any atom is 0.312 e. The molecule has 2 aromatic rings. The molecule has 1 saturated heterocycles. The van der Waals surface area contributed by atoms with E-state index in [1.54, 1.807) is 11.3 Å². The molecule has 26 heavy (non-hydrogen) atoms. The van der Waals surface area contributed by atoms with Gasteiger partial charge in [0.25, 0.3) is 0 Å². The van der Waals surface area contributed by atoms with E-state index in [9.17, 15) is 9.59 Å². The van der Waals surface area contributed by atoms with Crippen molar-refractivity contribution in [3.05, 3.63) is 43.7 Å². The summed E-state index contributed by atoms with van der Waals surface area (Å²) in [6, 6.07) is 6.78. The van der Waals surface area contributed by atoms with Crippen molar-refractivity contribution in [1.29, 1.82) is 0 Å². The Labute approximate surface area is 165 Å². The summed E-state index contributed by atoms with van der Waals surface area (Å²) in [7, 11) is 0. The average molecular weight is 413 g/mol. The van der Waals surface area contributed by atoms with Gasteiger partial charge in [-0.2, -0.15) is 0 Å². The number of carbonyl (C=O) groups is 2. The standard InChI is InChI=1S/C17H21ClN4O2S2/c18-15-4-3-12(26-15)11-21-5-7-22(8-6-21)16(23)10-13(20-17(19)24)14-2-1-9-25-14/h1-4,9,13H,5-8,10-11H2,(H3,19,20,24). The minimum Gasteiger partial charge on any atom is -0.352 e. The van der Waals surface area contributed by atoms with E-state index in [2.05, 4.69) is 10.2 Å². The van der Waals surface area contributed by atoms with Crippen molar-refractivity contribution in [3.63, 3.8) is 0 Å². The van der Waals surface area contributed by atoms with Crippen LogP contribution in [0.5, 0.6) is 0 Å². The average Bonchev–Trinajstić information content (AvgIpc) is 3.26. The molecule has 3 heterocycles. The van der Waals surface area contributed by atoms with Gasteiger partial charge in [0, 0.05) is 42.5 Å². The van der Waals surface area contributed by atoms with E-state index in [4.69, 9.17) is 17.3 Å². The second-order valence-electron chi connectivity index (χ2n) is 6.14. The number of amides is 3. The predicted molar refractivity (Wildman–Crippen MR) is 106 cm³/mol. The lowest BCUT2D eigenvalue weighted by atomic mass is 10.1. The van der Waals surface area contributed by atoms with Gasteiger partial charge < -0.3 is 16.0 Å². The van der Waals surface area contributed by atoms with Crippen LogP contribution in [-0.2, 0) is 11.3 Å². The number of piperazine rings is 1. The first-order chi connectivity index (χ1) is 12.5. The number of primary amides is 1. The first-order valence-electron chi connectivity index (χ1n) is 8.35. The highest BCUT2D eigenvalue weighted by molar-refractivity contribution is 7.16. The SMILES string of the molecule is NC(=O)NC(CC(=O)N1CCN(Cc2ccc(Cl)s2)CC1)c1cccs1. The Hall–Kier alpha value is -1.61. The summed E-state index contributed by atoms with van der Waals surface area (Å²) < 4.78 is 0.801. The second kappa shape index (κ2) is 8.85. The van der Waals surface area contributed by atoms with E-state index < -0.39 is 6.03 Å². The van der Waals surface area contributed by atoms with E-state index >= 15 is 0 Å². The van der Waals surface area contributed by atoms with Crippen molar-refractivity contribution < 1.29 is 9.59 Å². The quantitative estimate of drug-likeness (QED) is 0.765. The van der Waals surface area contributed by atoms with Crippen LogP contribution in [-0.4, -0.2) is 47.9 Å². The van der Waals surface area contributed by atoms with Crippen molar-refractivity contribution in [2.45, 2.75) is 19.0 Å². The number of hydrogen-bond donors (Lipinski definition) is 2. The molecule has 3 rings (SSSR count). The number of halogens is 1. The van der Waals surface area contributed by atoms with Crippen LogP contribution in [0.25, 0.3) is 0 Å². The molecule has 0 spiro atoms. The molecule has 1 aliphatic rings. The molecule has 3 amide bonds. The Balaban J connectivity index is 1.51. The van der Waals surface area contributed by atoms with Gasteiger partial charge in [-0.15, -0.1) is 22.7 Å². The number of thiophene rings is 2. The summed E-state index contributed by atoms with van der Waals surface area (Å²) in [4.78, 5) is 30.3. The van der Waals surface area contributed by atoms with Crippen molar-refractivity contribution >= 4 is 46.2 Å². The van der Waals surface area contributed by atoms with Crippen LogP contribution in [0.4, 0.5) is 4.79 Å². The largest absolute Gasteiger partial charge is 0.352 e. The Morgan fingerprint density at radius 2 is 2.00 bits per heavy atom. The maximum absolute atomic E-state index is 12.7. The summed E-state index contributed by atoms with van der Waals surface area (Å²) in [6.07, 6.45) is 0.226. The monoisotopic (exact) mass is 412 g/mol. The zero-order chi connectivity index (χ0) is 18.5. The number of urea groups is 1. The molecule has 2 aromatic heterocycles. The summed E-state index contributed by atoms with van der Waals surface area (Å²) >= 11 is 9.08. The molecule has 0 aliphatic carbocycles. The van der Waals surface area contributed by atoms with Crippen LogP contribution in [0.15, 0.2) is 29.6 Å². The number of nitrogens with zero attached hydrogens (tertiary/aromatic N) is 2. The molecule has 1 fully saturated rings. The number of rotatable bonds is 6. The fourth-order valence-corrected chi connectivity index (χ4v) is 4.91. The summed E-state index contributed by atoms with van der Waals surface area (Å²) in [5.41, 5.74) is 5.26. The Kier molecular flexibility index (Phi) is 6.53. The van der Waals surface area contributed by atoms with Gasteiger partial charge in [0.05, 0.1) is 16.8 Å². The molecule has 0 saturated carbocycles. The third kappa shape index (κ3) is 5.20. The molecule has 9 heteroatoms. The van der Waals surface area contributed by atoms with Crippen LogP contribution < -0.4 is 11.1 Å². The molecule has 1 atom stereocenters. The minimum absolute atomic E-state index is 0.0379. The highest BCUT2D eigenvalue weighted by Crippen LogP contribution is 2.25. The molecule has 1 unspecified atom stereocenters. The van der Waals surface area contributed by atoms with E-state index in [0.29, 0.717) is 13.1 Å². The van der Waals surface area contributed by atoms with Crippen LogP contribution in [0.1, 0.15) is 22.2 Å². The van der Waals surface area contributed by atoms with Crippen LogP contribution in [0.2, 0.25) is 4.34 Å². The molecule has 3 N–H and O–H groups in total. The van der Waals surface area contributed by atoms with E-state index in [-0.39, 0.29) is 18.4 Å². The summed E-state index contributed by atoms with van der Waals surface area (Å²) in [6.45, 7) is 3.89. The van der Waals surface area contributed by atoms with Gasteiger partial charge in [-0.05, 0) is 23.6 Å². The highest BCUT2D eigenvalue weighted by atomic mass is 35.5. The van der Waals surface area contributed by atoms with Crippen LogP contribution in [0.3, 0.4) is 0 Å². The molecule has 140 valence electrons. The normalized spacial score (nSPS) is 16.4. The lowest BCUT2D eigenvalue weighted by Crippen LogP contribution is -2.49. The number of nitrogens with one attached hydrogen (secondary N) is 1. The Morgan fingerprint density at radius 3 is 2.58 bits per heavy atom. The predicted octanol–water partition coefficient (Wildman–Crippen LogP) is 2.91. The van der Waals surface area contributed by atoms with Crippen LogP contribution >= 0.6 is 34.3 Å². The van der Waals surface area contributed by atoms with Gasteiger partial charge in [-0.3, -0.25) is 9.69 Å². The zero-order valence-electron chi connectivity index (χ0n) is 14.2. The fraction of sp³-hybridized carbons (Fsp3) is 0.412. The Bertz CT molecular complexity index is 742. The fourth-order valence-electron chi connectivity index (χ4n) is 3.00. The first kappa shape index (κ1) is 19.2. The lowest BCUT2D eigenvalue weighted by molar-refractivity contribution is -0.133. The molecular formula is C17H21ClN4O2S2. The molecule has 0 bridgehead atoms. The highest BCUT2D eigenvalue weighted by Gasteiger charge is 2.25. The smallest absolute Gasteiger partial charge is 0.312 e. The van der Waals surface area contributed by atoms with E-state index in [1.807, 2.05) is 34.5 Å². The van der Waals surface area contributed by atoms with Crippen molar-refractivity contribution in [2.24, 2.45) is 5.73 Å². The number of carbonyl (C=O) groups excluding carboxylic acids is 2. The van der Waals surface area contributed by atoms with E-state index in [0.717, 1.165) is 28.8 Å². The van der Waals surface area contributed by atoms with Crippen molar-refractivity contribution in [2.75, 3.05) is 26.2 Å². The molecule has 0 radical (unpaired) electrons. The molecule has 0 aromatic carbocycles. The first-order valence-corrected chi connectivity index (χ1v) is 10.4. The number of nitrogens with two attached hydrogens (primary N) is 1. The van der Waals surface area contributed by atoms with Gasteiger partial charge in [0.1, 0.15) is 0 Å². The van der Waals surface area contributed by atoms with Crippen LogP contribution in [0, 0.1) is 0 Å². The maximum atomic E-state index is 12.7. The topological polar surface area (TPSA) is 78.7 Å². The van der Waals surface area contributed by atoms with Gasteiger partial charge in [0.2, 0.25) is 5.91 Å². The van der Waals surface area contributed by atoms with E-state index in [1.165, 1.54) is 16.2 Å². The van der Waals surface area contributed by atoms with Gasteiger partial charge >= 0.3 is 6.03 Å². The Morgan fingerprint density at radius 1 is 1.23 bits per heavy atom. The second-order valence-corrected chi connectivity index (χ2v) is 8.92. The molecular weight excluding hydrogens is 392 g/mol. The van der Waals surface area contributed by atoms with Crippen molar-refractivity contribution in [3.8, 4) is 0 Å². The molecule has 1 aliphatic heterocycles. The third-order valence-corrected chi connectivity index (χ3v) is 6.52. The number of hydrogen-bond acceptors (Lipinski definition) is 5. The van der Waals surface area contributed by atoms with Gasteiger partial charge in [0.15, 0.2) is 0 Å². The van der Waals surface area contributed by atoms with Gasteiger partial charge in [-0.25, -0.2) is 4.79 Å². The lowest BCUT2D eigenvalue weighted by Gasteiger charge is -2.35. The summed E-state index contributed by atoms with van der Waals surface area (Å²) in [5.74, 6) is 0.0379. The zero-order valence-corrected chi connectivity index (χ0v) is 16.6. The van der Waals surface area contributed by atoms with Crippen molar-refractivity contribution in [1.82, 2.24) is 15.1 Å². The summed E-state index contributed by atoms with van der Waals surface area (Å²) in [5, 5.41) is 4.60. The molecule has 6 nitrogen and oxygen atoms in total. The third-order valence-electron chi connectivity index (χ3n) is 4.32.